The van der Waals surface area contributed by atoms with Crippen molar-refractivity contribution in [2.75, 3.05) is 25.6 Å². The zero-order valence-corrected chi connectivity index (χ0v) is 9.70. The lowest BCUT2D eigenvalue weighted by Crippen LogP contribution is -2.26. The Morgan fingerprint density at radius 3 is 2.67 bits per heavy atom. The topological polar surface area (TPSA) is 29.5 Å². The van der Waals surface area contributed by atoms with Crippen LogP contribution in [0.1, 0.15) is 11.1 Å². The van der Waals surface area contributed by atoms with E-state index in [1.165, 1.54) is 12.7 Å². The Balaban J connectivity index is 2.85. The first-order chi connectivity index (χ1) is 7.04. The normalized spacial score (nSPS) is 9.87. The van der Waals surface area contributed by atoms with Gasteiger partial charge < -0.3 is 9.64 Å². The van der Waals surface area contributed by atoms with E-state index in [4.69, 9.17) is 0 Å². The Morgan fingerprint density at radius 1 is 1.40 bits per heavy atom. The van der Waals surface area contributed by atoms with Gasteiger partial charge in [-0.15, -0.1) is 0 Å². The second kappa shape index (κ2) is 4.82. The maximum atomic E-state index is 11.1. The third-order valence-electron chi connectivity index (χ3n) is 2.37. The number of carbonyl (C=O) groups excluding carboxylic acids is 1. The van der Waals surface area contributed by atoms with Crippen molar-refractivity contribution in [3.63, 3.8) is 0 Å². The van der Waals surface area contributed by atoms with Crippen molar-refractivity contribution in [3.8, 4) is 0 Å². The average Bonchev–Trinajstić information content (AvgIpc) is 2.21. The standard InChI is InChI=1S/C12H17NO2/c1-9-5-6-10(2)11(7-9)13(3)8-12(14)15-4/h5-7H,8H2,1-4H3. The predicted octanol–water partition coefficient (Wildman–Crippen LogP) is 1.91. The van der Waals surface area contributed by atoms with Gasteiger partial charge in [0.25, 0.3) is 0 Å². The van der Waals surface area contributed by atoms with Gasteiger partial charge in [-0.25, -0.2) is 0 Å². The molecule has 15 heavy (non-hydrogen) atoms. The number of benzene rings is 1. The van der Waals surface area contributed by atoms with E-state index < -0.39 is 0 Å². The Labute approximate surface area is 90.7 Å². The van der Waals surface area contributed by atoms with E-state index in [0.717, 1.165) is 11.3 Å². The molecule has 0 saturated heterocycles. The molecule has 0 heterocycles. The predicted molar refractivity (Wildman–Crippen MR) is 61.2 cm³/mol. The summed E-state index contributed by atoms with van der Waals surface area (Å²) in [5.41, 5.74) is 3.42. The van der Waals surface area contributed by atoms with Gasteiger partial charge in [-0.05, 0) is 31.0 Å². The Kier molecular flexibility index (Phi) is 3.72. The van der Waals surface area contributed by atoms with E-state index in [2.05, 4.69) is 22.9 Å². The largest absolute Gasteiger partial charge is 0.468 e. The molecule has 0 atom stereocenters. The summed E-state index contributed by atoms with van der Waals surface area (Å²) >= 11 is 0. The molecule has 3 heteroatoms. The Hall–Kier alpha value is -1.51. The Bertz CT molecular complexity index is 361. The highest BCUT2D eigenvalue weighted by molar-refractivity contribution is 5.76. The van der Waals surface area contributed by atoms with Gasteiger partial charge in [0.2, 0.25) is 0 Å². The second-order valence-corrected chi connectivity index (χ2v) is 3.72. The van der Waals surface area contributed by atoms with Gasteiger partial charge in [0.05, 0.1) is 7.11 Å². The van der Waals surface area contributed by atoms with Gasteiger partial charge in [-0.2, -0.15) is 0 Å². The summed E-state index contributed by atoms with van der Waals surface area (Å²) in [6.45, 7) is 4.35. The van der Waals surface area contributed by atoms with E-state index in [1.807, 2.05) is 25.8 Å². The quantitative estimate of drug-likeness (QED) is 0.709. The van der Waals surface area contributed by atoms with Crippen molar-refractivity contribution in [3.05, 3.63) is 29.3 Å². The summed E-state index contributed by atoms with van der Waals surface area (Å²) in [6, 6.07) is 6.18. The molecule has 0 aliphatic carbocycles. The number of likely N-dealkylation sites (N-methyl/N-ethyl adjacent to an activating group) is 1. The fourth-order valence-electron chi connectivity index (χ4n) is 1.47. The van der Waals surface area contributed by atoms with Crippen LogP contribution in [0, 0.1) is 13.8 Å². The molecule has 0 aliphatic heterocycles. The number of methoxy groups -OCH3 is 1. The molecular formula is C12H17NO2. The van der Waals surface area contributed by atoms with Crippen molar-refractivity contribution in [2.24, 2.45) is 0 Å². The zero-order valence-electron chi connectivity index (χ0n) is 9.70. The maximum Gasteiger partial charge on any atom is 0.325 e. The minimum absolute atomic E-state index is 0.224. The molecule has 0 aromatic heterocycles. The molecule has 0 fully saturated rings. The number of hydrogen-bond acceptors (Lipinski definition) is 3. The number of rotatable bonds is 3. The number of esters is 1. The van der Waals surface area contributed by atoms with Gasteiger partial charge in [0.15, 0.2) is 0 Å². The molecule has 0 aliphatic rings. The average molecular weight is 207 g/mol. The maximum absolute atomic E-state index is 11.1. The molecule has 0 radical (unpaired) electrons. The van der Waals surface area contributed by atoms with E-state index in [-0.39, 0.29) is 12.5 Å². The number of ether oxygens (including phenoxy) is 1. The first kappa shape index (κ1) is 11.6. The van der Waals surface area contributed by atoms with E-state index in [0.29, 0.717) is 0 Å². The molecule has 0 amide bonds. The number of hydrogen-bond donors (Lipinski definition) is 0. The fraction of sp³-hybridized carbons (Fsp3) is 0.417. The summed E-state index contributed by atoms with van der Waals surface area (Å²) in [6.07, 6.45) is 0. The molecule has 1 rings (SSSR count). The van der Waals surface area contributed by atoms with E-state index in [1.54, 1.807) is 0 Å². The van der Waals surface area contributed by atoms with Gasteiger partial charge in [0, 0.05) is 12.7 Å². The second-order valence-electron chi connectivity index (χ2n) is 3.72. The van der Waals surface area contributed by atoms with Crippen LogP contribution in [0.15, 0.2) is 18.2 Å². The number of carbonyl (C=O) groups is 1. The number of nitrogens with zero attached hydrogens (tertiary/aromatic N) is 1. The molecule has 1 aromatic rings. The first-order valence-electron chi connectivity index (χ1n) is 4.90. The van der Waals surface area contributed by atoms with Crippen LogP contribution in [0.4, 0.5) is 5.69 Å². The van der Waals surface area contributed by atoms with Crippen molar-refractivity contribution < 1.29 is 9.53 Å². The summed E-state index contributed by atoms with van der Waals surface area (Å²) in [7, 11) is 3.29. The van der Waals surface area contributed by atoms with Crippen LogP contribution in [-0.4, -0.2) is 26.7 Å². The number of anilines is 1. The van der Waals surface area contributed by atoms with Crippen LogP contribution in [0.3, 0.4) is 0 Å². The molecule has 0 N–H and O–H groups in total. The van der Waals surface area contributed by atoms with E-state index >= 15 is 0 Å². The van der Waals surface area contributed by atoms with Gasteiger partial charge in [-0.1, -0.05) is 12.1 Å². The summed E-state index contributed by atoms with van der Waals surface area (Å²) < 4.78 is 4.63. The lowest BCUT2D eigenvalue weighted by Gasteiger charge is -2.20. The fourth-order valence-corrected chi connectivity index (χ4v) is 1.47. The minimum Gasteiger partial charge on any atom is -0.468 e. The summed E-state index contributed by atoms with van der Waals surface area (Å²) in [4.78, 5) is 13.0. The van der Waals surface area contributed by atoms with Gasteiger partial charge in [-0.3, -0.25) is 4.79 Å². The molecule has 0 spiro atoms. The third-order valence-corrected chi connectivity index (χ3v) is 2.37. The highest BCUT2D eigenvalue weighted by atomic mass is 16.5. The summed E-state index contributed by atoms with van der Waals surface area (Å²) in [5, 5.41) is 0. The summed E-state index contributed by atoms with van der Waals surface area (Å²) in [5.74, 6) is -0.224. The van der Waals surface area contributed by atoms with Crippen LogP contribution >= 0.6 is 0 Å². The lowest BCUT2D eigenvalue weighted by atomic mass is 10.1. The van der Waals surface area contributed by atoms with Crippen molar-refractivity contribution in [1.29, 1.82) is 0 Å². The first-order valence-corrected chi connectivity index (χ1v) is 4.90. The highest BCUT2D eigenvalue weighted by Crippen LogP contribution is 2.19. The number of aryl methyl sites for hydroxylation is 2. The third kappa shape index (κ3) is 2.98. The van der Waals surface area contributed by atoms with Gasteiger partial charge >= 0.3 is 5.97 Å². The molecule has 0 bridgehead atoms. The molecule has 3 nitrogen and oxygen atoms in total. The lowest BCUT2D eigenvalue weighted by molar-refractivity contribution is -0.138. The van der Waals surface area contributed by atoms with Crippen LogP contribution < -0.4 is 4.90 Å². The molecule has 82 valence electrons. The van der Waals surface area contributed by atoms with Crippen molar-refractivity contribution >= 4 is 11.7 Å². The van der Waals surface area contributed by atoms with Crippen LogP contribution in [0.2, 0.25) is 0 Å². The minimum atomic E-state index is -0.224. The van der Waals surface area contributed by atoms with Crippen molar-refractivity contribution in [1.82, 2.24) is 0 Å². The van der Waals surface area contributed by atoms with Crippen LogP contribution in [-0.2, 0) is 9.53 Å². The van der Waals surface area contributed by atoms with Crippen LogP contribution in [0.25, 0.3) is 0 Å². The van der Waals surface area contributed by atoms with Crippen molar-refractivity contribution in [2.45, 2.75) is 13.8 Å². The monoisotopic (exact) mass is 207 g/mol. The smallest absolute Gasteiger partial charge is 0.325 e. The van der Waals surface area contributed by atoms with Crippen LogP contribution in [0.5, 0.6) is 0 Å². The van der Waals surface area contributed by atoms with E-state index in [9.17, 15) is 4.79 Å². The molecular weight excluding hydrogens is 190 g/mol. The molecule has 0 unspecified atom stereocenters. The zero-order chi connectivity index (χ0) is 11.4. The highest BCUT2D eigenvalue weighted by Gasteiger charge is 2.09. The van der Waals surface area contributed by atoms with Gasteiger partial charge in [0.1, 0.15) is 6.54 Å². The molecule has 0 saturated carbocycles. The Morgan fingerprint density at radius 2 is 2.07 bits per heavy atom. The molecule has 1 aromatic carbocycles. The SMILES string of the molecule is COC(=O)CN(C)c1cc(C)ccc1C.